The molecule has 0 aromatic heterocycles. The maximum absolute atomic E-state index is 13.6. The van der Waals surface area contributed by atoms with Crippen LogP contribution in [0.15, 0.2) is 67.1 Å². The van der Waals surface area contributed by atoms with Gasteiger partial charge in [0.25, 0.3) is 0 Å². The van der Waals surface area contributed by atoms with Gasteiger partial charge in [0, 0.05) is 29.8 Å². The molecule has 0 saturated heterocycles. The monoisotopic (exact) mass is 273 g/mol. The molecule has 0 radical (unpaired) electrons. The molecule has 0 heterocycles. The van der Waals surface area contributed by atoms with E-state index in [0.717, 1.165) is 22.4 Å². The van der Waals surface area contributed by atoms with E-state index < -0.39 is 0 Å². The summed E-state index contributed by atoms with van der Waals surface area (Å²) in [4.78, 5) is 0. The number of hydrogen-bond donors (Lipinski definition) is 3. The highest BCUT2D eigenvalue weighted by molar-refractivity contribution is 5.65. The Morgan fingerprint density at radius 3 is 2.35 bits per heavy atom. The maximum Gasteiger partial charge on any atom is 0.128 e. The van der Waals surface area contributed by atoms with Gasteiger partial charge in [-0.05, 0) is 17.7 Å². The van der Waals surface area contributed by atoms with Crippen molar-refractivity contribution in [2.75, 3.05) is 0 Å². The second kappa shape index (κ2) is 6.73. The van der Waals surface area contributed by atoms with Crippen LogP contribution < -0.4 is 16.8 Å². The van der Waals surface area contributed by atoms with Crippen molar-refractivity contribution < 1.29 is 4.39 Å². The lowest BCUT2D eigenvalue weighted by Gasteiger charge is -2.27. The molecule has 0 bridgehead atoms. The Kier molecular flexibility index (Phi) is 5.29. The Labute approximate surface area is 119 Å². The minimum atomic E-state index is -0.261. The molecule has 1 aliphatic rings. The van der Waals surface area contributed by atoms with Gasteiger partial charge in [0.05, 0.1) is 11.4 Å². The zero-order chi connectivity index (χ0) is 15.3. The Morgan fingerprint density at radius 1 is 1.15 bits per heavy atom. The standard InChI is InChI=1S/C14H16FN3.C2H4/c1-8-9(2)14(13(8)17)18-7-11-5-10(6-16)3-4-12(11)15;1-2/h3-5,18H,1-2,6-7,16-17H2;1-2H2. The summed E-state index contributed by atoms with van der Waals surface area (Å²) in [5, 5.41) is 3.07. The van der Waals surface area contributed by atoms with E-state index in [1.54, 1.807) is 12.1 Å². The van der Waals surface area contributed by atoms with Crippen LogP contribution in [0.1, 0.15) is 11.1 Å². The van der Waals surface area contributed by atoms with Crippen molar-refractivity contribution in [3.8, 4) is 0 Å². The number of hydrogen-bond acceptors (Lipinski definition) is 3. The molecule has 3 nitrogen and oxygen atoms in total. The average molecular weight is 273 g/mol. The van der Waals surface area contributed by atoms with E-state index in [2.05, 4.69) is 31.6 Å². The summed E-state index contributed by atoms with van der Waals surface area (Å²) in [5.74, 6) is -0.261. The van der Waals surface area contributed by atoms with Gasteiger partial charge in [-0.15, -0.1) is 13.2 Å². The number of nitrogens with one attached hydrogen (secondary N) is 1. The number of halogens is 1. The molecule has 0 unspecified atom stereocenters. The number of benzene rings is 1. The van der Waals surface area contributed by atoms with Crippen LogP contribution in [0.3, 0.4) is 0 Å². The van der Waals surface area contributed by atoms with Crippen molar-refractivity contribution >= 4 is 0 Å². The Balaban J connectivity index is 0.000000956. The normalized spacial score (nSPS) is 13.5. The minimum absolute atomic E-state index is 0.261. The third-order valence-corrected chi connectivity index (χ3v) is 3.06. The fourth-order valence-corrected chi connectivity index (χ4v) is 1.84. The highest BCUT2D eigenvalue weighted by Gasteiger charge is 2.23. The van der Waals surface area contributed by atoms with Gasteiger partial charge in [0.1, 0.15) is 5.82 Å². The molecule has 0 spiro atoms. The molecule has 0 atom stereocenters. The van der Waals surface area contributed by atoms with E-state index in [4.69, 9.17) is 11.5 Å². The zero-order valence-corrected chi connectivity index (χ0v) is 11.5. The summed E-state index contributed by atoms with van der Waals surface area (Å²) in [6.07, 6.45) is 0. The predicted octanol–water partition coefficient (Wildman–Crippen LogP) is 2.47. The Bertz CT molecular complexity index is 573. The van der Waals surface area contributed by atoms with Crippen LogP contribution in [-0.4, -0.2) is 0 Å². The number of rotatable bonds is 4. The SMILES string of the molecule is C=C.C=C1C(=C)C(NCc2cc(CN)ccc2F)=C1N. The largest absolute Gasteiger partial charge is 0.397 e. The third-order valence-electron chi connectivity index (χ3n) is 3.06. The molecule has 20 heavy (non-hydrogen) atoms. The van der Waals surface area contributed by atoms with E-state index >= 15 is 0 Å². The van der Waals surface area contributed by atoms with Crippen LogP contribution in [0.25, 0.3) is 0 Å². The van der Waals surface area contributed by atoms with Gasteiger partial charge in [-0.2, -0.15) is 0 Å². The lowest BCUT2D eigenvalue weighted by atomic mass is 9.90. The first-order valence-corrected chi connectivity index (χ1v) is 6.14. The lowest BCUT2D eigenvalue weighted by molar-refractivity contribution is 0.599. The first-order chi connectivity index (χ1) is 9.54. The smallest absolute Gasteiger partial charge is 0.128 e. The van der Waals surface area contributed by atoms with Gasteiger partial charge >= 0.3 is 0 Å². The first-order valence-electron chi connectivity index (χ1n) is 6.14. The van der Waals surface area contributed by atoms with Crippen LogP contribution in [0.5, 0.6) is 0 Å². The fraction of sp³-hybridized carbons (Fsp3) is 0.125. The predicted molar refractivity (Wildman–Crippen MR) is 81.9 cm³/mol. The molecule has 0 amide bonds. The molecule has 1 aliphatic carbocycles. The lowest BCUT2D eigenvalue weighted by Crippen LogP contribution is -2.28. The van der Waals surface area contributed by atoms with Gasteiger partial charge in [-0.3, -0.25) is 0 Å². The van der Waals surface area contributed by atoms with Gasteiger partial charge in [-0.25, -0.2) is 4.39 Å². The fourth-order valence-electron chi connectivity index (χ4n) is 1.84. The Morgan fingerprint density at radius 2 is 1.80 bits per heavy atom. The molecule has 2 rings (SSSR count). The second-order valence-electron chi connectivity index (χ2n) is 4.23. The third kappa shape index (κ3) is 2.97. The molecule has 5 N–H and O–H groups in total. The van der Waals surface area contributed by atoms with Crippen molar-refractivity contribution in [2.24, 2.45) is 11.5 Å². The summed E-state index contributed by atoms with van der Waals surface area (Å²) < 4.78 is 13.6. The van der Waals surface area contributed by atoms with E-state index in [-0.39, 0.29) is 5.82 Å². The molecular formula is C16H20FN3. The average Bonchev–Trinajstić information content (AvgIpc) is 2.50. The molecule has 1 aromatic rings. The van der Waals surface area contributed by atoms with Crippen molar-refractivity contribution in [1.82, 2.24) is 5.32 Å². The Hall–Kier alpha value is -2.33. The van der Waals surface area contributed by atoms with Gasteiger partial charge in [0.15, 0.2) is 0 Å². The molecule has 0 aliphatic heterocycles. The van der Waals surface area contributed by atoms with Gasteiger partial charge in [-0.1, -0.05) is 19.2 Å². The number of nitrogens with two attached hydrogens (primary N) is 2. The molecule has 0 fully saturated rings. The first kappa shape index (κ1) is 15.7. The molecule has 0 saturated carbocycles. The van der Waals surface area contributed by atoms with Crippen molar-refractivity contribution in [3.63, 3.8) is 0 Å². The molecule has 4 heteroatoms. The van der Waals surface area contributed by atoms with Crippen molar-refractivity contribution in [2.45, 2.75) is 13.1 Å². The van der Waals surface area contributed by atoms with Crippen molar-refractivity contribution in [3.05, 3.63) is 84.0 Å². The maximum atomic E-state index is 13.6. The summed E-state index contributed by atoms with van der Waals surface area (Å²) in [6, 6.07) is 4.84. The zero-order valence-electron chi connectivity index (χ0n) is 11.5. The topological polar surface area (TPSA) is 64.1 Å². The minimum Gasteiger partial charge on any atom is -0.397 e. The van der Waals surface area contributed by atoms with E-state index in [9.17, 15) is 4.39 Å². The highest BCUT2D eigenvalue weighted by atomic mass is 19.1. The van der Waals surface area contributed by atoms with Crippen LogP contribution in [-0.2, 0) is 13.1 Å². The van der Waals surface area contributed by atoms with Gasteiger partial charge < -0.3 is 16.8 Å². The van der Waals surface area contributed by atoms with E-state index in [1.807, 2.05) is 0 Å². The summed E-state index contributed by atoms with van der Waals surface area (Å²) >= 11 is 0. The van der Waals surface area contributed by atoms with Crippen LogP contribution >= 0.6 is 0 Å². The summed E-state index contributed by atoms with van der Waals surface area (Å²) in [6.45, 7) is 14.3. The number of allylic oxidation sites excluding steroid dienone is 2. The second-order valence-corrected chi connectivity index (χ2v) is 4.23. The molecule has 1 aromatic carbocycles. The van der Waals surface area contributed by atoms with Crippen molar-refractivity contribution in [1.29, 1.82) is 0 Å². The van der Waals surface area contributed by atoms with Crippen LogP contribution in [0.2, 0.25) is 0 Å². The summed E-state index contributed by atoms with van der Waals surface area (Å²) in [7, 11) is 0. The van der Waals surface area contributed by atoms with Crippen LogP contribution in [0.4, 0.5) is 4.39 Å². The highest BCUT2D eigenvalue weighted by Crippen LogP contribution is 2.31. The van der Waals surface area contributed by atoms with E-state index in [1.165, 1.54) is 6.07 Å². The summed E-state index contributed by atoms with van der Waals surface area (Å²) in [5.41, 5.74) is 15.6. The molecule has 106 valence electrons. The van der Waals surface area contributed by atoms with E-state index in [0.29, 0.717) is 24.4 Å². The van der Waals surface area contributed by atoms with Crippen LogP contribution in [0, 0.1) is 5.82 Å². The van der Waals surface area contributed by atoms with Gasteiger partial charge in [0.2, 0.25) is 0 Å². The molecular weight excluding hydrogens is 253 g/mol. The quantitative estimate of drug-likeness (QED) is 0.738.